The Morgan fingerprint density at radius 2 is 1.96 bits per heavy atom. The molecule has 0 radical (unpaired) electrons. The number of aromatic nitrogens is 1. The van der Waals surface area contributed by atoms with Gasteiger partial charge in [-0.05, 0) is 58.9 Å². The quantitative estimate of drug-likeness (QED) is 0.809. The van der Waals surface area contributed by atoms with Gasteiger partial charge in [0.25, 0.3) is 0 Å². The van der Waals surface area contributed by atoms with Crippen LogP contribution in [-0.2, 0) is 15.1 Å². The van der Waals surface area contributed by atoms with Gasteiger partial charge in [-0.3, -0.25) is 5.32 Å². The molecule has 1 aliphatic rings. The summed E-state index contributed by atoms with van der Waals surface area (Å²) in [5, 5.41) is 2.69. The first-order chi connectivity index (χ1) is 12.0. The van der Waals surface area contributed by atoms with Gasteiger partial charge in [0.05, 0.1) is 11.4 Å². The Kier molecular flexibility index (Phi) is 4.18. The number of anilines is 1. The minimum absolute atomic E-state index is 0.480. The molecule has 0 spiro atoms. The Morgan fingerprint density at radius 1 is 1.23 bits per heavy atom. The van der Waals surface area contributed by atoms with E-state index in [-0.39, 0.29) is 0 Å². The van der Waals surface area contributed by atoms with E-state index in [9.17, 15) is 9.59 Å². The molecule has 1 aliphatic heterocycles. The standard InChI is InChI=1S/C19H22N2O5/c1-18(2,3)25-17(23)26-21-10-6-7-15(21)12-8-9-14-13(11-12)19(4,5)24-16(22)20-14/h6-11H,1-5H3,(H,20,22). The van der Waals surface area contributed by atoms with Crippen LogP contribution in [0.15, 0.2) is 36.5 Å². The zero-order valence-electron chi connectivity index (χ0n) is 15.5. The second-order valence-electron chi connectivity index (χ2n) is 7.56. The molecule has 3 rings (SSSR count). The SMILES string of the molecule is CC(C)(C)OC(=O)On1cccc1-c1ccc2c(c1)C(C)(C)OC(=O)N2. The van der Waals surface area contributed by atoms with Gasteiger partial charge in [-0.1, -0.05) is 6.07 Å². The summed E-state index contributed by atoms with van der Waals surface area (Å²) in [5.74, 6) is 0. The van der Waals surface area contributed by atoms with Crippen molar-refractivity contribution in [3.63, 3.8) is 0 Å². The van der Waals surface area contributed by atoms with E-state index in [2.05, 4.69) is 5.32 Å². The van der Waals surface area contributed by atoms with Gasteiger partial charge in [-0.2, -0.15) is 4.73 Å². The zero-order chi connectivity index (χ0) is 19.1. The molecule has 0 saturated heterocycles. The number of carbonyl (C=O) groups is 2. The Balaban J connectivity index is 1.91. The average Bonchev–Trinajstić information content (AvgIpc) is 2.92. The highest BCUT2D eigenvalue weighted by Crippen LogP contribution is 2.38. The van der Waals surface area contributed by atoms with Gasteiger partial charge in [0.1, 0.15) is 11.2 Å². The number of rotatable bonds is 2. The fourth-order valence-electron chi connectivity index (χ4n) is 2.75. The molecule has 26 heavy (non-hydrogen) atoms. The van der Waals surface area contributed by atoms with Gasteiger partial charge in [-0.25, -0.2) is 9.59 Å². The molecular weight excluding hydrogens is 336 g/mol. The van der Waals surface area contributed by atoms with E-state index in [1.54, 1.807) is 39.1 Å². The van der Waals surface area contributed by atoms with E-state index >= 15 is 0 Å². The first kappa shape index (κ1) is 17.8. The lowest BCUT2D eigenvalue weighted by Gasteiger charge is -2.32. The predicted octanol–water partition coefficient (Wildman–Crippen LogP) is 4.32. The smallest absolute Gasteiger partial charge is 0.438 e. The van der Waals surface area contributed by atoms with Gasteiger partial charge in [-0.15, -0.1) is 0 Å². The molecule has 0 aliphatic carbocycles. The van der Waals surface area contributed by atoms with E-state index in [0.717, 1.165) is 11.1 Å². The highest BCUT2D eigenvalue weighted by molar-refractivity contribution is 5.89. The normalized spacial score (nSPS) is 15.5. The van der Waals surface area contributed by atoms with Crippen molar-refractivity contribution in [3.05, 3.63) is 42.1 Å². The van der Waals surface area contributed by atoms with Crippen LogP contribution in [0.3, 0.4) is 0 Å². The molecule has 1 aromatic heterocycles. The summed E-state index contributed by atoms with van der Waals surface area (Å²) in [4.78, 5) is 28.9. The second kappa shape index (κ2) is 6.09. The molecule has 1 amide bonds. The largest absolute Gasteiger partial charge is 0.534 e. The zero-order valence-corrected chi connectivity index (χ0v) is 15.5. The summed E-state index contributed by atoms with van der Waals surface area (Å²) in [6, 6.07) is 9.13. The third-order valence-electron chi connectivity index (χ3n) is 3.82. The number of nitrogens with one attached hydrogen (secondary N) is 1. The van der Waals surface area contributed by atoms with Crippen molar-refractivity contribution in [2.75, 3.05) is 5.32 Å². The van der Waals surface area contributed by atoms with Crippen molar-refractivity contribution >= 4 is 17.9 Å². The minimum Gasteiger partial charge on any atom is -0.438 e. The van der Waals surface area contributed by atoms with Crippen LogP contribution in [0.25, 0.3) is 11.3 Å². The first-order valence-corrected chi connectivity index (χ1v) is 8.29. The summed E-state index contributed by atoms with van der Waals surface area (Å²) >= 11 is 0. The van der Waals surface area contributed by atoms with Crippen LogP contribution >= 0.6 is 0 Å². The van der Waals surface area contributed by atoms with Gasteiger partial charge in [0.15, 0.2) is 0 Å². The lowest BCUT2D eigenvalue weighted by atomic mass is 9.92. The average molecular weight is 358 g/mol. The molecule has 138 valence electrons. The monoisotopic (exact) mass is 358 g/mol. The number of hydrogen-bond donors (Lipinski definition) is 1. The number of amides is 1. The number of carbonyl (C=O) groups excluding carboxylic acids is 2. The predicted molar refractivity (Wildman–Crippen MR) is 95.8 cm³/mol. The summed E-state index contributed by atoms with van der Waals surface area (Å²) in [6.07, 6.45) is 0.359. The third kappa shape index (κ3) is 3.66. The molecule has 7 heteroatoms. The Labute approximate surface area is 151 Å². The van der Waals surface area contributed by atoms with Crippen LogP contribution in [0, 0.1) is 0 Å². The van der Waals surface area contributed by atoms with Crippen LogP contribution in [0.4, 0.5) is 15.3 Å². The molecule has 1 N–H and O–H groups in total. The van der Waals surface area contributed by atoms with Crippen LogP contribution in [0.5, 0.6) is 0 Å². The van der Waals surface area contributed by atoms with E-state index in [1.165, 1.54) is 4.73 Å². The molecule has 0 bridgehead atoms. The molecule has 2 aromatic rings. The van der Waals surface area contributed by atoms with E-state index < -0.39 is 23.5 Å². The number of hydrogen-bond acceptors (Lipinski definition) is 5. The number of benzene rings is 1. The van der Waals surface area contributed by atoms with Gasteiger partial charge in [0, 0.05) is 17.3 Å². The van der Waals surface area contributed by atoms with Crippen molar-refractivity contribution < 1.29 is 23.9 Å². The molecule has 7 nitrogen and oxygen atoms in total. The molecule has 2 heterocycles. The summed E-state index contributed by atoms with van der Waals surface area (Å²) in [6.45, 7) is 8.95. The highest BCUT2D eigenvalue weighted by atomic mass is 16.8. The van der Waals surface area contributed by atoms with Gasteiger partial charge in [0.2, 0.25) is 0 Å². The maximum absolute atomic E-state index is 11.9. The highest BCUT2D eigenvalue weighted by Gasteiger charge is 2.33. The maximum Gasteiger partial charge on any atom is 0.534 e. The van der Waals surface area contributed by atoms with Crippen LogP contribution in [-0.4, -0.2) is 22.6 Å². The molecule has 0 unspecified atom stereocenters. The number of ether oxygens (including phenoxy) is 2. The van der Waals surface area contributed by atoms with Gasteiger partial charge >= 0.3 is 12.2 Å². The molecule has 1 aromatic carbocycles. The van der Waals surface area contributed by atoms with E-state index in [1.807, 2.05) is 32.0 Å². The third-order valence-corrected chi connectivity index (χ3v) is 3.82. The van der Waals surface area contributed by atoms with Gasteiger partial charge < -0.3 is 14.3 Å². The van der Waals surface area contributed by atoms with E-state index in [0.29, 0.717) is 11.4 Å². The molecule has 0 saturated carbocycles. The van der Waals surface area contributed by atoms with Crippen LogP contribution in [0.2, 0.25) is 0 Å². The Morgan fingerprint density at radius 3 is 2.65 bits per heavy atom. The molecule has 0 atom stereocenters. The molecule has 0 fully saturated rings. The van der Waals surface area contributed by atoms with Crippen LogP contribution in [0.1, 0.15) is 40.2 Å². The summed E-state index contributed by atoms with van der Waals surface area (Å²) in [5.41, 5.74) is 1.60. The Bertz CT molecular complexity index is 861. The fraction of sp³-hybridized carbons (Fsp3) is 0.368. The fourth-order valence-corrected chi connectivity index (χ4v) is 2.75. The lowest BCUT2D eigenvalue weighted by Crippen LogP contribution is -2.34. The van der Waals surface area contributed by atoms with Crippen molar-refractivity contribution in [1.82, 2.24) is 4.73 Å². The van der Waals surface area contributed by atoms with Crippen molar-refractivity contribution in [1.29, 1.82) is 0 Å². The number of cyclic esters (lactones) is 1. The van der Waals surface area contributed by atoms with Crippen molar-refractivity contribution in [3.8, 4) is 11.3 Å². The molecular formula is C19H22N2O5. The lowest BCUT2D eigenvalue weighted by molar-refractivity contribution is -0.00997. The maximum atomic E-state index is 11.9. The summed E-state index contributed by atoms with van der Waals surface area (Å²) in [7, 11) is 0. The minimum atomic E-state index is -0.788. The topological polar surface area (TPSA) is 78.8 Å². The Hall–Kier alpha value is -2.96. The van der Waals surface area contributed by atoms with Crippen LogP contribution < -0.4 is 10.2 Å². The first-order valence-electron chi connectivity index (χ1n) is 8.29. The summed E-state index contributed by atoms with van der Waals surface area (Å²) < 4.78 is 11.9. The van der Waals surface area contributed by atoms with E-state index in [4.69, 9.17) is 14.3 Å². The van der Waals surface area contributed by atoms with Crippen molar-refractivity contribution in [2.24, 2.45) is 0 Å². The second-order valence-corrected chi connectivity index (χ2v) is 7.56. The number of fused-ring (bicyclic) bond motifs is 1. The van der Waals surface area contributed by atoms with Crippen molar-refractivity contribution in [2.45, 2.75) is 45.8 Å². The number of nitrogens with zero attached hydrogens (tertiary/aromatic N) is 1.